The van der Waals surface area contributed by atoms with Crippen LogP contribution in [0, 0.1) is 0 Å². The van der Waals surface area contributed by atoms with Gasteiger partial charge in [-0.2, -0.15) is 0 Å². The highest BCUT2D eigenvalue weighted by Crippen LogP contribution is 2.18. The summed E-state index contributed by atoms with van der Waals surface area (Å²) in [6.45, 7) is 3.93. The predicted molar refractivity (Wildman–Crippen MR) is 86.5 cm³/mol. The number of nitrogens with one attached hydrogen (secondary N) is 1. The third-order valence-electron chi connectivity index (χ3n) is 3.68. The molecule has 120 valence electrons. The number of benzene rings is 1. The van der Waals surface area contributed by atoms with Crippen LogP contribution in [0.5, 0.6) is 0 Å². The van der Waals surface area contributed by atoms with Gasteiger partial charge in [0, 0.05) is 26.2 Å². The van der Waals surface area contributed by atoms with Gasteiger partial charge in [-0.1, -0.05) is 24.3 Å². The number of fused-ring (bicyclic) bond motifs is 1. The van der Waals surface area contributed by atoms with Crippen LogP contribution in [0.4, 0.5) is 0 Å². The fourth-order valence-corrected chi connectivity index (χ4v) is 2.55. The molecule has 0 aromatic heterocycles. The molecule has 1 unspecified atom stereocenters. The Balaban J connectivity index is 1.85. The Kier molecular flexibility index (Phi) is 5.77. The molecule has 0 radical (unpaired) electrons. The SMILES string of the molecule is COCC(C)NC(N)=NCC(=O)N1CCc2ccccc2C1. The molecule has 2 rings (SSSR count). The highest BCUT2D eigenvalue weighted by molar-refractivity contribution is 5.84. The molecule has 0 saturated carbocycles. The highest BCUT2D eigenvalue weighted by atomic mass is 16.5. The van der Waals surface area contributed by atoms with Gasteiger partial charge in [0.1, 0.15) is 6.54 Å². The predicted octanol–water partition coefficient (Wildman–Crippen LogP) is 0.511. The van der Waals surface area contributed by atoms with Crippen molar-refractivity contribution in [3.8, 4) is 0 Å². The van der Waals surface area contributed by atoms with E-state index in [1.165, 1.54) is 11.1 Å². The minimum absolute atomic E-state index is 0.00125. The van der Waals surface area contributed by atoms with E-state index in [-0.39, 0.29) is 24.5 Å². The van der Waals surface area contributed by atoms with E-state index in [2.05, 4.69) is 22.4 Å². The fourth-order valence-electron chi connectivity index (χ4n) is 2.55. The van der Waals surface area contributed by atoms with Crippen LogP contribution < -0.4 is 11.1 Å². The Hall–Kier alpha value is -2.08. The van der Waals surface area contributed by atoms with Gasteiger partial charge in [0.15, 0.2) is 5.96 Å². The molecule has 0 spiro atoms. The van der Waals surface area contributed by atoms with Crippen LogP contribution >= 0.6 is 0 Å². The average Bonchev–Trinajstić information content (AvgIpc) is 2.52. The van der Waals surface area contributed by atoms with E-state index < -0.39 is 0 Å². The standard InChI is InChI=1S/C16H24N4O2/c1-12(11-22-2)19-16(17)18-9-15(21)20-8-7-13-5-3-4-6-14(13)10-20/h3-6,12H,7-11H2,1-2H3,(H3,17,18,19). The number of carbonyl (C=O) groups is 1. The molecule has 1 aromatic rings. The Morgan fingerprint density at radius 1 is 1.45 bits per heavy atom. The van der Waals surface area contributed by atoms with E-state index in [0.717, 1.165) is 13.0 Å². The zero-order chi connectivity index (χ0) is 15.9. The maximum atomic E-state index is 12.2. The van der Waals surface area contributed by atoms with Crippen LogP contribution in [0.3, 0.4) is 0 Å². The maximum Gasteiger partial charge on any atom is 0.244 e. The second kappa shape index (κ2) is 7.79. The van der Waals surface area contributed by atoms with Gasteiger partial charge in [-0.15, -0.1) is 0 Å². The third-order valence-corrected chi connectivity index (χ3v) is 3.68. The number of amides is 1. The van der Waals surface area contributed by atoms with Crippen molar-refractivity contribution in [3.63, 3.8) is 0 Å². The normalized spacial score (nSPS) is 16.1. The highest BCUT2D eigenvalue weighted by Gasteiger charge is 2.19. The van der Waals surface area contributed by atoms with E-state index >= 15 is 0 Å². The molecule has 6 heteroatoms. The topological polar surface area (TPSA) is 80.0 Å². The van der Waals surface area contributed by atoms with Crippen LogP contribution in [0.25, 0.3) is 0 Å². The number of carbonyl (C=O) groups excluding carboxylic acids is 1. The first-order valence-corrected chi connectivity index (χ1v) is 7.50. The fraction of sp³-hybridized carbons (Fsp3) is 0.500. The average molecular weight is 304 g/mol. The van der Waals surface area contributed by atoms with Crippen molar-refractivity contribution >= 4 is 11.9 Å². The summed E-state index contributed by atoms with van der Waals surface area (Å²) in [4.78, 5) is 18.2. The number of hydrogen-bond acceptors (Lipinski definition) is 3. The smallest absolute Gasteiger partial charge is 0.244 e. The van der Waals surface area contributed by atoms with Gasteiger partial charge in [0.25, 0.3) is 0 Å². The minimum Gasteiger partial charge on any atom is -0.383 e. The summed E-state index contributed by atoms with van der Waals surface area (Å²) in [5, 5.41) is 2.99. The van der Waals surface area contributed by atoms with Crippen molar-refractivity contribution in [2.75, 3.05) is 26.8 Å². The molecular weight excluding hydrogens is 280 g/mol. The van der Waals surface area contributed by atoms with Crippen LogP contribution in [0.1, 0.15) is 18.1 Å². The largest absolute Gasteiger partial charge is 0.383 e. The van der Waals surface area contributed by atoms with Gasteiger partial charge in [0.05, 0.1) is 6.61 Å². The number of aliphatic imine (C=N–C) groups is 1. The van der Waals surface area contributed by atoms with Gasteiger partial charge in [0.2, 0.25) is 5.91 Å². The molecule has 3 N–H and O–H groups in total. The van der Waals surface area contributed by atoms with Crippen LogP contribution in [0.2, 0.25) is 0 Å². The zero-order valence-corrected chi connectivity index (χ0v) is 13.2. The molecule has 1 amide bonds. The zero-order valence-electron chi connectivity index (χ0n) is 13.2. The molecule has 1 atom stereocenters. The number of nitrogens with two attached hydrogens (primary N) is 1. The second-order valence-electron chi connectivity index (χ2n) is 5.54. The summed E-state index contributed by atoms with van der Waals surface area (Å²) in [6, 6.07) is 8.29. The first-order valence-electron chi connectivity index (χ1n) is 7.50. The molecule has 0 aliphatic carbocycles. The van der Waals surface area contributed by atoms with Crippen molar-refractivity contribution in [2.45, 2.75) is 25.9 Å². The first kappa shape index (κ1) is 16.3. The molecule has 1 aromatic carbocycles. The van der Waals surface area contributed by atoms with E-state index in [1.54, 1.807) is 7.11 Å². The van der Waals surface area contributed by atoms with E-state index in [4.69, 9.17) is 10.5 Å². The Morgan fingerprint density at radius 2 is 2.18 bits per heavy atom. The Morgan fingerprint density at radius 3 is 2.91 bits per heavy atom. The van der Waals surface area contributed by atoms with E-state index in [9.17, 15) is 4.79 Å². The van der Waals surface area contributed by atoms with Gasteiger partial charge in [-0.05, 0) is 24.5 Å². The van der Waals surface area contributed by atoms with Crippen molar-refractivity contribution in [1.82, 2.24) is 10.2 Å². The molecular formula is C16H24N4O2. The number of methoxy groups -OCH3 is 1. The summed E-state index contributed by atoms with van der Waals surface area (Å²) in [6.07, 6.45) is 0.893. The number of guanidine groups is 1. The number of hydrogen-bond donors (Lipinski definition) is 2. The summed E-state index contributed by atoms with van der Waals surface area (Å²) < 4.78 is 5.01. The molecule has 22 heavy (non-hydrogen) atoms. The quantitative estimate of drug-likeness (QED) is 0.613. The van der Waals surface area contributed by atoms with E-state index in [0.29, 0.717) is 13.2 Å². The lowest BCUT2D eigenvalue weighted by Gasteiger charge is -2.28. The van der Waals surface area contributed by atoms with Gasteiger partial charge in [-0.25, -0.2) is 4.99 Å². The van der Waals surface area contributed by atoms with Gasteiger partial charge in [-0.3, -0.25) is 4.79 Å². The Bertz CT molecular complexity index is 545. The number of rotatable bonds is 5. The van der Waals surface area contributed by atoms with Crippen molar-refractivity contribution in [2.24, 2.45) is 10.7 Å². The summed E-state index contributed by atoms with van der Waals surface area (Å²) in [7, 11) is 1.63. The third kappa shape index (κ3) is 4.46. The van der Waals surface area contributed by atoms with Crippen molar-refractivity contribution in [1.29, 1.82) is 0 Å². The molecule has 1 heterocycles. The van der Waals surface area contributed by atoms with Crippen LogP contribution in [-0.4, -0.2) is 49.6 Å². The lowest BCUT2D eigenvalue weighted by molar-refractivity contribution is -0.130. The maximum absolute atomic E-state index is 12.2. The molecule has 0 bridgehead atoms. The van der Waals surface area contributed by atoms with Gasteiger partial charge >= 0.3 is 0 Å². The molecule has 0 fully saturated rings. The molecule has 0 saturated heterocycles. The molecule has 6 nitrogen and oxygen atoms in total. The lowest BCUT2D eigenvalue weighted by Crippen LogP contribution is -2.42. The Labute approximate surface area is 131 Å². The van der Waals surface area contributed by atoms with E-state index in [1.807, 2.05) is 24.0 Å². The summed E-state index contributed by atoms with van der Waals surface area (Å²) in [5.74, 6) is 0.272. The summed E-state index contributed by atoms with van der Waals surface area (Å²) in [5.41, 5.74) is 8.31. The number of ether oxygens (including phenoxy) is 1. The second-order valence-corrected chi connectivity index (χ2v) is 5.54. The molecule has 1 aliphatic rings. The monoisotopic (exact) mass is 304 g/mol. The van der Waals surface area contributed by atoms with Crippen molar-refractivity contribution < 1.29 is 9.53 Å². The van der Waals surface area contributed by atoms with Crippen LogP contribution in [-0.2, 0) is 22.5 Å². The lowest BCUT2D eigenvalue weighted by atomic mass is 10.00. The summed E-state index contributed by atoms with van der Waals surface area (Å²) >= 11 is 0. The van der Waals surface area contributed by atoms with Gasteiger partial charge < -0.3 is 20.7 Å². The number of nitrogens with zero attached hydrogens (tertiary/aromatic N) is 2. The molecule has 1 aliphatic heterocycles. The first-order chi connectivity index (χ1) is 10.6. The van der Waals surface area contributed by atoms with Crippen LogP contribution in [0.15, 0.2) is 29.3 Å². The minimum atomic E-state index is -0.00125. The van der Waals surface area contributed by atoms with Crippen molar-refractivity contribution in [3.05, 3.63) is 35.4 Å².